The van der Waals surface area contributed by atoms with Crippen LogP contribution in [-0.4, -0.2) is 154 Å². The quantitative estimate of drug-likeness (QED) is 0.0119. The molecule has 0 aromatic heterocycles. The number of hydrogen-bond donors (Lipinski definition) is 6. The summed E-state index contributed by atoms with van der Waals surface area (Å²) in [5.74, 6) is -9.57. The van der Waals surface area contributed by atoms with Crippen LogP contribution in [0.1, 0.15) is 161 Å². The summed E-state index contributed by atoms with van der Waals surface area (Å²) >= 11 is 0. The van der Waals surface area contributed by atoms with Crippen LogP contribution in [0.5, 0.6) is 5.75 Å². The summed E-state index contributed by atoms with van der Waals surface area (Å²) in [7, 11) is 1.39. The third-order valence-electron chi connectivity index (χ3n) is 19.4. The van der Waals surface area contributed by atoms with E-state index in [1.165, 1.54) is 18.9 Å². The van der Waals surface area contributed by atoms with Gasteiger partial charge in [0, 0.05) is 45.3 Å². The van der Waals surface area contributed by atoms with Crippen LogP contribution in [0.15, 0.2) is 176 Å². The molecule has 7 rings (SSSR count). The maximum Gasteiger partial charge on any atom is 0.336 e. The van der Waals surface area contributed by atoms with Crippen molar-refractivity contribution in [2.75, 3.05) is 20.3 Å². The molecule has 0 saturated carbocycles. The third-order valence-corrected chi connectivity index (χ3v) is 19.4. The largest absolute Gasteiger partial charge is 0.488 e. The summed E-state index contributed by atoms with van der Waals surface area (Å²) in [6.07, 6.45) is -2.23. The third kappa shape index (κ3) is 24.0. The van der Waals surface area contributed by atoms with Gasteiger partial charge in [0.2, 0.25) is 41.4 Å². The molecule has 7 N–H and O–H groups in total. The highest BCUT2D eigenvalue weighted by Crippen LogP contribution is 2.38. The average Bonchev–Trinajstić information content (AvgIpc) is 1.44. The molecule has 0 aliphatic carbocycles. The summed E-state index contributed by atoms with van der Waals surface area (Å²) in [5.41, 5.74) is 9.88. The molecule has 1 aliphatic heterocycles. The van der Waals surface area contributed by atoms with Crippen molar-refractivity contribution < 1.29 is 67.2 Å². The Kier molecular flexibility index (Phi) is 32.1. The fourth-order valence-electron chi connectivity index (χ4n) is 13.1. The van der Waals surface area contributed by atoms with Gasteiger partial charge in [0.05, 0.1) is 31.4 Å². The van der Waals surface area contributed by atoms with Gasteiger partial charge in [0.15, 0.2) is 6.29 Å². The van der Waals surface area contributed by atoms with Crippen molar-refractivity contribution in [2.24, 2.45) is 29.4 Å². The van der Waals surface area contributed by atoms with Crippen LogP contribution in [0, 0.1) is 23.7 Å². The molecule has 22 nitrogen and oxygen atoms in total. The van der Waals surface area contributed by atoms with E-state index in [4.69, 9.17) is 24.7 Å². The molecule has 7 amide bonds. The summed E-state index contributed by atoms with van der Waals surface area (Å²) in [6, 6.07) is 44.1. The number of nitrogens with one attached hydrogen (secondary N) is 4. The minimum atomic E-state index is -1.69. The van der Waals surface area contributed by atoms with Crippen molar-refractivity contribution in [3.05, 3.63) is 209 Å². The Hall–Kier alpha value is -9.45. The molecule has 10 atom stereocenters. The Bertz CT molecular complexity index is 3700. The molecule has 22 heteroatoms. The van der Waals surface area contributed by atoms with E-state index in [0.29, 0.717) is 24.5 Å². The fourth-order valence-corrected chi connectivity index (χ4v) is 13.1. The first-order chi connectivity index (χ1) is 51.0. The maximum absolute atomic E-state index is 16.9. The lowest BCUT2D eigenvalue weighted by Crippen LogP contribution is -2.64. The van der Waals surface area contributed by atoms with Gasteiger partial charge in [0.25, 0.3) is 0 Å². The Morgan fingerprint density at radius 1 is 0.561 bits per heavy atom. The van der Waals surface area contributed by atoms with Crippen LogP contribution in [0.25, 0.3) is 0 Å². The molecule has 0 radical (unpaired) electrons. The average molecular weight is 1470 g/mol. The van der Waals surface area contributed by atoms with Crippen LogP contribution in [-0.2, 0) is 82.4 Å². The van der Waals surface area contributed by atoms with Gasteiger partial charge < -0.3 is 56.0 Å². The predicted molar refractivity (Wildman–Crippen MR) is 410 cm³/mol. The van der Waals surface area contributed by atoms with Crippen LogP contribution in [0.3, 0.4) is 0 Å². The lowest BCUT2D eigenvalue weighted by Gasteiger charge is -2.42. The van der Waals surface area contributed by atoms with Gasteiger partial charge in [-0.05, 0) is 110 Å². The summed E-state index contributed by atoms with van der Waals surface area (Å²) < 4.78 is 23.8. The first-order valence-corrected chi connectivity index (χ1v) is 37.5. The number of likely N-dealkylation sites (N-methyl/N-ethyl adjacent to an activating group) is 1. The number of carbonyl (C=O) groups excluding carboxylic acids is 9. The van der Waals surface area contributed by atoms with Gasteiger partial charge >= 0.3 is 11.9 Å². The number of rotatable bonds is 38. The standard InChI is InChI=1S/C85H112N8O14/c1-14-57(7)73(83(103)106-82(102)68(51-55(3)4)87-78(98)74(59(9)94)89-76(96)56(5)6)88-77(97)70(52-60-41-43-66(44-42-60)107-84(10,11)12)91(13)81(101)75(58(8)15-2)93(80(100)69(46-48-72-104-49-50-105-72)92(53-61-31-21-16-22-32-61)54-62-33-23-17-24-34-62)79(99)67(86)45-47-71(95)90-85(63-35-25-18-26-36-63,64-37-27-19-28-38-64)65-39-29-20-30-40-65/h16-44,55-59,67-70,72-75,94H,14-15,45-54,86H2,1-13H3,(H,87,98)(H,88,97)(H,89,96)(H,90,95)/t57-,58-,59+,67-,68-,69-,70-,73-,74-,75-/m0/s1. The Morgan fingerprint density at radius 2 is 1.05 bits per heavy atom. The van der Waals surface area contributed by atoms with E-state index in [-0.39, 0.29) is 70.4 Å². The number of amides is 7. The molecule has 0 unspecified atom stereocenters. The van der Waals surface area contributed by atoms with Gasteiger partial charge in [-0.15, -0.1) is 0 Å². The number of aliphatic hydroxyl groups is 1. The van der Waals surface area contributed by atoms with E-state index in [1.54, 1.807) is 72.7 Å². The molecule has 1 fully saturated rings. The van der Waals surface area contributed by atoms with Crippen molar-refractivity contribution in [1.29, 1.82) is 0 Å². The molecule has 1 aliphatic rings. The number of carbonyl (C=O) groups is 9. The van der Waals surface area contributed by atoms with Crippen molar-refractivity contribution in [3.63, 3.8) is 0 Å². The van der Waals surface area contributed by atoms with Crippen LogP contribution in [0.4, 0.5) is 0 Å². The number of imide groups is 1. The normalized spacial score (nSPS) is 15.5. The molecular formula is C85H112N8O14. The van der Waals surface area contributed by atoms with Crippen molar-refractivity contribution in [2.45, 2.75) is 213 Å². The van der Waals surface area contributed by atoms with Gasteiger partial charge in [-0.3, -0.25) is 43.4 Å². The highest BCUT2D eigenvalue weighted by molar-refractivity contribution is 6.05. The maximum atomic E-state index is 16.9. The van der Waals surface area contributed by atoms with Gasteiger partial charge in [-0.25, -0.2) is 9.59 Å². The molecule has 1 saturated heterocycles. The van der Waals surface area contributed by atoms with Crippen molar-refractivity contribution in [3.8, 4) is 5.75 Å². The molecule has 0 spiro atoms. The molecule has 1 heterocycles. The summed E-state index contributed by atoms with van der Waals surface area (Å²) in [4.78, 5) is 140. The lowest BCUT2D eigenvalue weighted by atomic mass is 9.77. The predicted octanol–water partition coefficient (Wildman–Crippen LogP) is 10.1. The number of nitrogens with two attached hydrogens (primary N) is 1. The zero-order valence-corrected chi connectivity index (χ0v) is 64.4. The van der Waals surface area contributed by atoms with Crippen LogP contribution in [0.2, 0.25) is 0 Å². The molecule has 576 valence electrons. The topological polar surface area (TPSA) is 295 Å². The molecule has 0 bridgehead atoms. The first kappa shape index (κ1) is 84.8. The first-order valence-electron chi connectivity index (χ1n) is 37.5. The zero-order chi connectivity index (χ0) is 78.1. The van der Waals surface area contributed by atoms with E-state index < -0.39 is 137 Å². The van der Waals surface area contributed by atoms with E-state index in [9.17, 15) is 24.3 Å². The molecule has 107 heavy (non-hydrogen) atoms. The van der Waals surface area contributed by atoms with E-state index >= 15 is 24.0 Å². The highest BCUT2D eigenvalue weighted by Gasteiger charge is 2.48. The van der Waals surface area contributed by atoms with Crippen LogP contribution >= 0.6 is 0 Å². The van der Waals surface area contributed by atoms with Gasteiger partial charge in [-0.1, -0.05) is 232 Å². The lowest BCUT2D eigenvalue weighted by molar-refractivity contribution is -0.166. The second kappa shape index (κ2) is 40.5. The Balaban J connectivity index is 1.33. The van der Waals surface area contributed by atoms with Crippen molar-refractivity contribution in [1.82, 2.24) is 36.0 Å². The van der Waals surface area contributed by atoms with Crippen LogP contribution < -0.4 is 31.7 Å². The number of esters is 2. The molecule has 6 aromatic rings. The second-order valence-corrected chi connectivity index (χ2v) is 29.8. The fraction of sp³-hybridized carbons (Fsp3) is 0.471. The number of hydrogen-bond acceptors (Lipinski definition) is 16. The Labute approximate surface area is 631 Å². The van der Waals surface area contributed by atoms with E-state index in [1.807, 2.05) is 184 Å². The van der Waals surface area contributed by atoms with E-state index in [2.05, 4.69) is 21.3 Å². The Morgan fingerprint density at radius 3 is 1.50 bits per heavy atom. The summed E-state index contributed by atoms with van der Waals surface area (Å²) in [6.45, 7) is 21.8. The van der Waals surface area contributed by atoms with Crippen molar-refractivity contribution >= 4 is 53.3 Å². The monoisotopic (exact) mass is 1470 g/mol. The van der Waals surface area contributed by atoms with E-state index in [0.717, 1.165) is 32.7 Å². The number of nitrogens with zero attached hydrogens (tertiary/aromatic N) is 3. The number of aliphatic hydroxyl groups excluding tert-OH is 1. The minimum Gasteiger partial charge on any atom is -0.488 e. The number of benzene rings is 6. The smallest absolute Gasteiger partial charge is 0.336 e. The zero-order valence-electron chi connectivity index (χ0n) is 64.4. The highest BCUT2D eigenvalue weighted by atomic mass is 16.7. The minimum absolute atomic E-state index is 0.0296. The number of ether oxygens (including phenoxy) is 4. The summed E-state index contributed by atoms with van der Waals surface area (Å²) in [5, 5.41) is 21.9. The molecular weight excluding hydrogens is 1360 g/mol. The van der Waals surface area contributed by atoms with Gasteiger partial charge in [-0.2, -0.15) is 0 Å². The second-order valence-electron chi connectivity index (χ2n) is 29.8. The SMILES string of the molecule is CC[C@H](C)[C@H](NC(=O)[C@H](Cc1ccc(OC(C)(C)C)cc1)N(C)C(=O)[C@H]([C@@H](C)CC)N(C(=O)[C@@H](N)CCC(=O)NC(c1ccccc1)(c1ccccc1)c1ccccc1)C(=O)[C@H](CCC1OCCO1)N(Cc1ccccc1)Cc1ccccc1)C(=O)OC(=O)[C@H](CC(C)C)NC(=O)[C@@H](NC(=O)C(C)C)[C@@H](C)O. The van der Waals surface area contributed by atoms with Gasteiger partial charge in [0.1, 0.15) is 47.1 Å². The molecule has 6 aromatic carbocycles.